The standard InChI is InChI=1S/C14H22N2O2/c1-2-16(8-5-9-17)14(18)10-12-6-3-4-7-13(12)11-15/h3-4,6-7,17H,2,5,8-11,15H2,1H3. The third-order valence-corrected chi connectivity index (χ3v) is 3.00. The number of benzene rings is 1. The summed E-state index contributed by atoms with van der Waals surface area (Å²) < 4.78 is 0. The lowest BCUT2D eigenvalue weighted by molar-refractivity contribution is -0.130. The zero-order valence-electron chi connectivity index (χ0n) is 10.9. The molecule has 4 heteroatoms. The van der Waals surface area contributed by atoms with Crippen LogP contribution in [0.4, 0.5) is 0 Å². The number of amides is 1. The molecule has 0 bridgehead atoms. The predicted molar refractivity (Wildman–Crippen MR) is 72.0 cm³/mol. The Bertz CT molecular complexity index is 380. The molecule has 0 fully saturated rings. The summed E-state index contributed by atoms with van der Waals surface area (Å²) in [4.78, 5) is 13.9. The number of rotatable bonds is 7. The molecule has 1 rings (SSSR count). The van der Waals surface area contributed by atoms with E-state index >= 15 is 0 Å². The number of nitrogens with zero attached hydrogens (tertiary/aromatic N) is 1. The molecule has 0 aliphatic rings. The monoisotopic (exact) mass is 250 g/mol. The molecule has 1 aromatic rings. The zero-order valence-corrected chi connectivity index (χ0v) is 10.9. The van der Waals surface area contributed by atoms with Crippen molar-refractivity contribution in [3.05, 3.63) is 35.4 Å². The Morgan fingerprint density at radius 1 is 1.33 bits per heavy atom. The Balaban J connectivity index is 2.67. The third kappa shape index (κ3) is 4.13. The number of aliphatic hydroxyl groups excluding tert-OH is 1. The Morgan fingerprint density at radius 3 is 2.56 bits per heavy atom. The van der Waals surface area contributed by atoms with Gasteiger partial charge >= 0.3 is 0 Å². The first-order valence-electron chi connectivity index (χ1n) is 6.38. The van der Waals surface area contributed by atoms with Gasteiger partial charge in [-0.25, -0.2) is 0 Å². The number of carbonyl (C=O) groups is 1. The first kappa shape index (κ1) is 14.7. The summed E-state index contributed by atoms with van der Waals surface area (Å²) in [6, 6.07) is 7.75. The van der Waals surface area contributed by atoms with Crippen LogP contribution in [-0.4, -0.2) is 35.6 Å². The van der Waals surface area contributed by atoms with Gasteiger partial charge in [0.2, 0.25) is 5.91 Å². The topological polar surface area (TPSA) is 66.6 Å². The number of hydrogen-bond donors (Lipinski definition) is 2. The lowest BCUT2D eigenvalue weighted by atomic mass is 10.0. The van der Waals surface area contributed by atoms with Crippen LogP contribution < -0.4 is 5.73 Å². The molecule has 0 atom stereocenters. The molecule has 0 aliphatic heterocycles. The average molecular weight is 250 g/mol. The van der Waals surface area contributed by atoms with E-state index in [1.165, 1.54) is 0 Å². The molecule has 0 saturated heterocycles. The van der Waals surface area contributed by atoms with Gasteiger partial charge in [-0.3, -0.25) is 4.79 Å². The van der Waals surface area contributed by atoms with Crippen molar-refractivity contribution in [2.24, 2.45) is 5.73 Å². The van der Waals surface area contributed by atoms with Crippen LogP contribution in [0.5, 0.6) is 0 Å². The summed E-state index contributed by atoms with van der Waals surface area (Å²) >= 11 is 0. The van der Waals surface area contributed by atoms with Crippen molar-refractivity contribution >= 4 is 5.91 Å². The van der Waals surface area contributed by atoms with Crippen molar-refractivity contribution in [1.82, 2.24) is 4.90 Å². The van der Waals surface area contributed by atoms with Gasteiger partial charge in [0.05, 0.1) is 6.42 Å². The fourth-order valence-corrected chi connectivity index (χ4v) is 1.92. The van der Waals surface area contributed by atoms with E-state index < -0.39 is 0 Å². The van der Waals surface area contributed by atoms with Crippen molar-refractivity contribution in [2.75, 3.05) is 19.7 Å². The van der Waals surface area contributed by atoms with Gasteiger partial charge in [0, 0.05) is 26.2 Å². The first-order valence-corrected chi connectivity index (χ1v) is 6.38. The highest BCUT2D eigenvalue weighted by molar-refractivity contribution is 5.79. The Morgan fingerprint density at radius 2 is 2.00 bits per heavy atom. The van der Waals surface area contributed by atoms with Crippen molar-refractivity contribution in [3.63, 3.8) is 0 Å². The highest BCUT2D eigenvalue weighted by atomic mass is 16.3. The second-order valence-corrected chi connectivity index (χ2v) is 4.20. The summed E-state index contributed by atoms with van der Waals surface area (Å²) in [5, 5.41) is 8.81. The van der Waals surface area contributed by atoms with E-state index in [2.05, 4.69) is 0 Å². The number of likely N-dealkylation sites (N-methyl/N-ethyl adjacent to an activating group) is 1. The molecule has 0 aliphatic carbocycles. The molecule has 3 N–H and O–H groups in total. The summed E-state index contributed by atoms with van der Waals surface area (Å²) in [5.41, 5.74) is 7.67. The molecule has 0 heterocycles. The maximum atomic E-state index is 12.1. The predicted octanol–water partition coefficient (Wildman–Crippen LogP) is 0.919. The molecule has 0 unspecified atom stereocenters. The van der Waals surface area contributed by atoms with Crippen LogP contribution in [0.1, 0.15) is 24.5 Å². The summed E-state index contributed by atoms with van der Waals surface area (Å²) in [6.45, 7) is 3.79. The van der Waals surface area contributed by atoms with Crippen molar-refractivity contribution < 1.29 is 9.90 Å². The Hall–Kier alpha value is -1.39. The molecule has 0 radical (unpaired) electrons. The highest BCUT2D eigenvalue weighted by Crippen LogP contribution is 2.10. The molecule has 100 valence electrons. The zero-order chi connectivity index (χ0) is 13.4. The number of nitrogens with two attached hydrogens (primary N) is 1. The fraction of sp³-hybridized carbons (Fsp3) is 0.500. The van der Waals surface area contributed by atoms with Crippen molar-refractivity contribution in [2.45, 2.75) is 26.3 Å². The second kappa shape index (κ2) is 7.84. The number of hydrogen-bond acceptors (Lipinski definition) is 3. The van der Waals surface area contributed by atoms with Crippen LogP contribution in [0.2, 0.25) is 0 Å². The van der Waals surface area contributed by atoms with E-state index in [4.69, 9.17) is 10.8 Å². The van der Waals surface area contributed by atoms with Gasteiger partial charge in [-0.1, -0.05) is 24.3 Å². The molecule has 1 amide bonds. The number of aliphatic hydroxyl groups is 1. The third-order valence-electron chi connectivity index (χ3n) is 3.00. The maximum absolute atomic E-state index is 12.1. The largest absolute Gasteiger partial charge is 0.396 e. The van der Waals surface area contributed by atoms with E-state index in [1.54, 1.807) is 4.90 Å². The summed E-state index contributed by atoms with van der Waals surface area (Å²) in [7, 11) is 0. The maximum Gasteiger partial charge on any atom is 0.226 e. The van der Waals surface area contributed by atoms with E-state index in [0.717, 1.165) is 11.1 Å². The van der Waals surface area contributed by atoms with Gasteiger partial charge in [-0.2, -0.15) is 0 Å². The Labute approximate surface area is 108 Å². The van der Waals surface area contributed by atoms with E-state index in [9.17, 15) is 4.79 Å². The summed E-state index contributed by atoms with van der Waals surface area (Å²) in [6.07, 6.45) is 1.00. The van der Waals surface area contributed by atoms with Gasteiger partial charge < -0.3 is 15.7 Å². The van der Waals surface area contributed by atoms with E-state index in [-0.39, 0.29) is 12.5 Å². The molecule has 18 heavy (non-hydrogen) atoms. The highest BCUT2D eigenvalue weighted by Gasteiger charge is 2.13. The fourth-order valence-electron chi connectivity index (χ4n) is 1.92. The molecule has 0 aromatic heterocycles. The van der Waals surface area contributed by atoms with Gasteiger partial charge in [0.15, 0.2) is 0 Å². The van der Waals surface area contributed by atoms with Crippen LogP contribution >= 0.6 is 0 Å². The lowest BCUT2D eigenvalue weighted by Gasteiger charge is -2.21. The van der Waals surface area contributed by atoms with Crippen molar-refractivity contribution in [3.8, 4) is 0 Å². The molecule has 0 spiro atoms. The minimum atomic E-state index is 0.0897. The van der Waals surface area contributed by atoms with E-state index in [0.29, 0.717) is 32.5 Å². The quantitative estimate of drug-likeness (QED) is 0.756. The minimum Gasteiger partial charge on any atom is -0.396 e. The lowest BCUT2D eigenvalue weighted by Crippen LogP contribution is -2.33. The van der Waals surface area contributed by atoms with Gasteiger partial charge in [0.25, 0.3) is 0 Å². The smallest absolute Gasteiger partial charge is 0.226 e. The van der Waals surface area contributed by atoms with Gasteiger partial charge in [-0.15, -0.1) is 0 Å². The molecular formula is C14H22N2O2. The van der Waals surface area contributed by atoms with Crippen molar-refractivity contribution in [1.29, 1.82) is 0 Å². The van der Waals surface area contributed by atoms with Crippen LogP contribution in [-0.2, 0) is 17.8 Å². The van der Waals surface area contributed by atoms with Crippen LogP contribution in [0.3, 0.4) is 0 Å². The molecule has 4 nitrogen and oxygen atoms in total. The minimum absolute atomic E-state index is 0.0897. The molecule has 1 aromatic carbocycles. The Kier molecular flexibility index (Phi) is 6.39. The average Bonchev–Trinajstić information content (AvgIpc) is 2.40. The molecular weight excluding hydrogens is 228 g/mol. The first-order chi connectivity index (χ1) is 8.72. The van der Waals surface area contributed by atoms with Gasteiger partial charge in [-0.05, 0) is 24.5 Å². The van der Waals surface area contributed by atoms with Crippen LogP contribution in [0.15, 0.2) is 24.3 Å². The van der Waals surface area contributed by atoms with Gasteiger partial charge in [0.1, 0.15) is 0 Å². The van der Waals surface area contributed by atoms with Crippen LogP contribution in [0.25, 0.3) is 0 Å². The SMILES string of the molecule is CCN(CCCO)C(=O)Cc1ccccc1CN. The summed E-state index contributed by atoms with van der Waals surface area (Å²) in [5.74, 6) is 0.0897. The molecule has 0 saturated carbocycles. The van der Waals surface area contributed by atoms with E-state index in [1.807, 2.05) is 31.2 Å². The van der Waals surface area contributed by atoms with Crippen LogP contribution in [0, 0.1) is 0 Å². The number of carbonyl (C=O) groups excluding carboxylic acids is 1. The second-order valence-electron chi connectivity index (χ2n) is 4.20. The normalized spacial score (nSPS) is 10.4.